The van der Waals surface area contributed by atoms with Gasteiger partial charge in [0.2, 0.25) is 0 Å². The van der Waals surface area contributed by atoms with Gasteiger partial charge >= 0.3 is 5.63 Å². The molecule has 0 aliphatic rings. The van der Waals surface area contributed by atoms with Crippen molar-refractivity contribution < 1.29 is 22.0 Å². The lowest BCUT2D eigenvalue weighted by molar-refractivity contribution is 0.469. The van der Waals surface area contributed by atoms with E-state index in [-0.39, 0.29) is 10.9 Å². The minimum atomic E-state index is -1.54. The van der Waals surface area contributed by atoms with Crippen LogP contribution >= 0.6 is 0 Å². The number of hydrogen-bond donors (Lipinski definition) is 0. The summed E-state index contributed by atoms with van der Waals surface area (Å²) in [4.78, 5) is 12.0. The molecule has 0 N–H and O–H groups in total. The van der Waals surface area contributed by atoms with Crippen LogP contribution in [0.4, 0.5) is 17.6 Å². The Balaban J connectivity index is 2.19. The van der Waals surface area contributed by atoms with Crippen LogP contribution in [0.25, 0.3) is 28.5 Å². The minimum absolute atomic E-state index is 0.119. The Morgan fingerprint density at radius 3 is 2.48 bits per heavy atom. The van der Waals surface area contributed by atoms with E-state index in [0.29, 0.717) is 12.2 Å². The second-order valence-electron chi connectivity index (χ2n) is 5.81. The molecular formula is C21H14F4O2. The molecule has 0 fully saturated rings. The summed E-state index contributed by atoms with van der Waals surface area (Å²) in [5, 5.41) is -0.250. The van der Waals surface area contributed by atoms with Gasteiger partial charge in [-0.2, -0.15) is 0 Å². The third-order valence-electron chi connectivity index (χ3n) is 4.17. The first-order valence-electron chi connectivity index (χ1n) is 8.10. The molecule has 138 valence electrons. The highest BCUT2D eigenvalue weighted by atomic mass is 19.2. The lowest BCUT2D eigenvalue weighted by Crippen LogP contribution is -2.05. The van der Waals surface area contributed by atoms with Crippen LogP contribution in [0.3, 0.4) is 0 Å². The monoisotopic (exact) mass is 374 g/mol. The predicted molar refractivity (Wildman–Crippen MR) is 97.3 cm³/mol. The van der Waals surface area contributed by atoms with Crippen LogP contribution in [-0.2, 0) is 6.42 Å². The molecule has 0 spiro atoms. The summed E-state index contributed by atoms with van der Waals surface area (Å²) < 4.78 is 62.5. The van der Waals surface area contributed by atoms with Gasteiger partial charge in [0, 0.05) is 17.5 Å². The van der Waals surface area contributed by atoms with Gasteiger partial charge < -0.3 is 4.42 Å². The smallest absolute Gasteiger partial charge is 0.346 e. The number of halogens is 4. The zero-order valence-corrected chi connectivity index (χ0v) is 14.3. The highest BCUT2D eigenvalue weighted by Gasteiger charge is 2.20. The second-order valence-corrected chi connectivity index (χ2v) is 5.81. The molecule has 1 aromatic heterocycles. The van der Waals surface area contributed by atoms with Crippen molar-refractivity contribution in [3.8, 4) is 0 Å². The van der Waals surface area contributed by atoms with E-state index >= 15 is 0 Å². The fraction of sp³-hybridized carbons (Fsp3) is 0.0952. The Bertz CT molecular complexity index is 1140. The summed E-state index contributed by atoms with van der Waals surface area (Å²) in [7, 11) is 0. The van der Waals surface area contributed by atoms with Gasteiger partial charge in [0.25, 0.3) is 0 Å². The SMILES string of the molecule is C=Cc1ccc(/C(F)=C(\F)c2ccc3cc(CC)oc(=O)c3c2F)cc1F. The van der Waals surface area contributed by atoms with E-state index in [1.807, 2.05) is 0 Å². The predicted octanol–water partition coefficient (Wildman–Crippen LogP) is 6.04. The quantitative estimate of drug-likeness (QED) is 0.412. The average molecular weight is 374 g/mol. The summed E-state index contributed by atoms with van der Waals surface area (Å²) in [5.41, 5.74) is -2.00. The molecule has 0 unspecified atom stereocenters. The third kappa shape index (κ3) is 3.30. The molecule has 0 aliphatic heterocycles. The first-order valence-corrected chi connectivity index (χ1v) is 8.10. The topological polar surface area (TPSA) is 30.2 Å². The fourth-order valence-corrected chi connectivity index (χ4v) is 2.71. The van der Waals surface area contributed by atoms with Crippen LogP contribution in [0, 0.1) is 11.6 Å². The molecule has 0 amide bonds. The zero-order chi connectivity index (χ0) is 19.7. The maximum Gasteiger partial charge on any atom is 0.346 e. The molecular weight excluding hydrogens is 360 g/mol. The second kappa shape index (κ2) is 7.23. The van der Waals surface area contributed by atoms with E-state index in [2.05, 4.69) is 6.58 Å². The average Bonchev–Trinajstić information content (AvgIpc) is 2.66. The van der Waals surface area contributed by atoms with Crippen molar-refractivity contribution in [1.82, 2.24) is 0 Å². The van der Waals surface area contributed by atoms with Gasteiger partial charge in [-0.05, 0) is 23.6 Å². The Hall–Kier alpha value is -3.15. The number of benzene rings is 2. The molecule has 0 saturated heterocycles. The van der Waals surface area contributed by atoms with Crippen LogP contribution in [0.15, 0.2) is 52.2 Å². The largest absolute Gasteiger partial charge is 0.427 e. The van der Waals surface area contributed by atoms with E-state index < -0.39 is 45.4 Å². The lowest BCUT2D eigenvalue weighted by Gasteiger charge is -2.07. The molecule has 0 saturated carbocycles. The summed E-state index contributed by atoms with van der Waals surface area (Å²) >= 11 is 0. The van der Waals surface area contributed by atoms with E-state index in [4.69, 9.17) is 4.42 Å². The van der Waals surface area contributed by atoms with Gasteiger partial charge in [0.1, 0.15) is 22.8 Å². The van der Waals surface area contributed by atoms with Crippen LogP contribution < -0.4 is 5.63 Å². The lowest BCUT2D eigenvalue weighted by atomic mass is 10.0. The molecule has 27 heavy (non-hydrogen) atoms. The zero-order valence-electron chi connectivity index (χ0n) is 14.3. The molecule has 6 heteroatoms. The van der Waals surface area contributed by atoms with Crippen molar-refractivity contribution in [3.63, 3.8) is 0 Å². The van der Waals surface area contributed by atoms with Crippen molar-refractivity contribution in [2.45, 2.75) is 13.3 Å². The number of aryl methyl sites for hydroxylation is 1. The molecule has 2 nitrogen and oxygen atoms in total. The van der Waals surface area contributed by atoms with Crippen LogP contribution in [0.1, 0.15) is 29.4 Å². The van der Waals surface area contributed by atoms with E-state index in [1.165, 1.54) is 24.3 Å². The third-order valence-corrected chi connectivity index (χ3v) is 4.17. The van der Waals surface area contributed by atoms with Gasteiger partial charge in [-0.15, -0.1) is 0 Å². The fourth-order valence-electron chi connectivity index (χ4n) is 2.71. The summed E-state index contributed by atoms with van der Waals surface area (Å²) in [5.74, 6) is -4.67. The van der Waals surface area contributed by atoms with E-state index in [9.17, 15) is 22.4 Å². The van der Waals surface area contributed by atoms with Gasteiger partial charge in [-0.3, -0.25) is 0 Å². The van der Waals surface area contributed by atoms with E-state index in [0.717, 1.165) is 18.2 Å². The highest BCUT2D eigenvalue weighted by molar-refractivity contribution is 5.90. The van der Waals surface area contributed by atoms with Crippen molar-refractivity contribution in [2.75, 3.05) is 0 Å². The number of rotatable bonds is 4. The van der Waals surface area contributed by atoms with E-state index in [1.54, 1.807) is 6.92 Å². The molecule has 3 aromatic rings. The summed E-state index contributed by atoms with van der Waals surface area (Å²) in [6, 6.07) is 6.95. The number of hydrogen-bond acceptors (Lipinski definition) is 2. The maximum absolute atomic E-state index is 14.7. The van der Waals surface area contributed by atoms with Crippen molar-refractivity contribution in [2.24, 2.45) is 0 Å². The van der Waals surface area contributed by atoms with Gasteiger partial charge in [0.15, 0.2) is 11.7 Å². The normalized spacial score (nSPS) is 12.2. The Morgan fingerprint density at radius 2 is 1.85 bits per heavy atom. The molecule has 0 bridgehead atoms. The Kier molecular flexibility index (Phi) is 4.99. The summed E-state index contributed by atoms with van der Waals surface area (Å²) in [6.07, 6.45) is 1.65. The molecule has 0 radical (unpaired) electrons. The van der Waals surface area contributed by atoms with Gasteiger partial charge in [-0.25, -0.2) is 22.4 Å². The molecule has 0 atom stereocenters. The van der Waals surface area contributed by atoms with Crippen LogP contribution in [0.2, 0.25) is 0 Å². The molecule has 2 aromatic carbocycles. The first kappa shape index (κ1) is 18.6. The Morgan fingerprint density at radius 1 is 1.11 bits per heavy atom. The van der Waals surface area contributed by atoms with Crippen molar-refractivity contribution in [3.05, 3.63) is 87.5 Å². The molecule has 1 heterocycles. The van der Waals surface area contributed by atoms with Crippen LogP contribution in [-0.4, -0.2) is 0 Å². The van der Waals surface area contributed by atoms with Crippen molar-refractivity contribution >= 4 is 28.5 Å². The van der Waals surface area contributed by atoms with Gasteiger partial charge in [0.05, 0.1) is 5.56 Å². The maximum atomic E-state index is 14.7. The summed E-state index contributed by atoms with van der Waals surface area (Å²) in [6.45, 7) is 5.16. The minimum Gasteiger partial charge on any atom is -0.427 e. The standard InChI is InChI=1S/C21H14F4O2/c1-3-11-5-6-13(10-16(11)22)18(23)20(25)15-8-7-12-9-14(4-2)27-21(26)17(12)19(15)24/h3,5-10H,1,4H2,2H3/b20-18+. The molecule has 3 rings (SSSR count). The van der Waals surface area contributed by atoms with Gasteiger partial charge in [-0.1, -0.05) is 37.8 Å². The van der Waals surface area contributed by atoms with Crippen molar-refractivity contribution in [1.29, 1.82) is 0 Å². The first-order chi connectivity index (χ1) is 12.9. The highest BCUT2D eigenvalue weighted by Crippen LogP contribution is 2.33. The number of fused-ring (bicyclic) bond motifs is 1. The van der Waals surface area contributed by atoms with Crippen LogP contribution in [0.5, 0.6) is 0 Å². The Labute approximate surface area is 152 Å². The molecule has 0 aliphatic carbocycles.